The molecule has 0 spiro atoms. The Bertz CT molecular complexity index is 1040. The van der Waals surface area contributed by atoms with Crippen molar-refractivity contribution in [3.63, 3.8) is 0 Å². The molecular weight excluding hydrogens is 440 g/mol. The quantitative estimate of drug-likeness (QED) is 0.525. The summed E-state index contributed by atoms with van der Waals surface area (Å²) in [5, 5.41) is 3.46. The third-order valence-corrected chi connectivity index (χ3v) is 6.72. The molecule has 0 radical (unpaired) electrons. The summed E-state index contributed by atoms with van der Waals surface area (Å²) in [6.45, 7) is 3.02. The normalized spacial score (nSPS) is 15.5. The predicted molar refractivity (Wildman–Crippen MR) is 119 cm³/mol. The van der Waals surface area contributed by atoms with Gasteiger partial charge in [-0.15, -0.1) is 0 Å². The molecule has 2 N–H and O–H groups in total. The Hall–Kier alpha value is -2.13. The van der Waals surface area contributed by atoms with E-state index in [4.69, 9.17) is 21.1 Å². The van der Waals surface area contributed by atoms with Gasteiger partial charge < -0.3 is 14.8 Å². The first-order valence-electron chi connectivity index (χ1n) is 10.2. The molecule has 3 rings (SSSR count). The maximum absolute atomic E-state index is 12.9. The number of fused-ring (bicyclic) bond motifs is 1. The van der Waals surface area contributed by atoms with Crippen LogP contribution in [0.1, 0.15) is 34.8 Å². The fourth-order valence-corrected chi connectivity index (χ4v) is 4.84. The second-order valence-corrected chi connectivity index (χ2v) is 9.59. The summed E-state index contributed by atoms with van der Waals surface area (Å²) in [7, 11) is -1.95. The topological polar surface area (TPSA) is 93.7 Å². The van der Waals surface area contributed by atoms with Gasteiger partial charge in [0, 0.05) is 24.7 Å². The van der Waals surface area contributed by atoms with Crippen molar-refractivity contribution in [2.75, 3.05) is 26.9 Å². The highest BCUT2D eigenvalue weighted by molar-refractivity contribution is 7.89. The summed E-state index contributed by atoms with van der Waals surface area (Å²) in [5.41, 5.74) is 2.31. The number of benzene rings is 2. The molecule has 1 aliphatic carbocycles. The van der Waals surface area contributed by atoms with Crippen LogP contribution in [0.2, 0.25) is 5.02 Å². The molecule has 0 aliphatic heterocycles. The zero-order valence-electron chi connectivity index (χ0n) is 17.6. The monoisotopic (exact) mass is 466 g/mol. The molecule has 31 heavy (non-hydrogen) atoms. The Labute approximate surface area is 188 Å². The number of amides is 1. The summed E-state index contributed by atoms with van der Waals surface area (Å²) in [4.78, 5) is 13.2. The number of halogens is 1. The molecule has 7 nitrogen and oxygen atoms in total. The van der Waals surface area contributed by atoms with E-state index in [9.17, 15) is 13.2 Å². The van der Waals surface area contributed by atoms with Crippen LogP contribution in [0.4, 0.5) is 0 Å². The zero-order valence-corrected chi connectivity index (χ0v) is 19.2. The van der Waals surface area contributed by atoms with Crippen molar-refractivity contribution >= 4 is 27.5 Å². The number of hydrogen-bond acceptors (Lipinski definition) is 5. The first-order valence-corrected chi connectivity index (χ1v) is 12.0. The number of rotatable bonds is 10. The molecule has 1 unspecified atom stereocenters. The van der Waals surface area contributed by atoms with Crippen molar-refractivity contribution in [1.82, 2.24) is 10.0 Å². The van der Waals surface area contributed by atoms with Crippen LogP contribution in [0.3, 0.4) is 0 Å². The molecular formula is C22H27ClN2O5S. The SMILES string of the molecule is CCCNS(=O)(=O)c1ccc2c(c1)CC(NC(=O)c1cc(Cl)ccc1OCCOC)C2. The van der Waals surface area contributed by atoms with Gasteiger partial charge in [0.1, 0.15) is 12.4 Å². The van der Waals surface area contributed by atoms with E-state index >= 15 is 0 Å². The summed E-state index contributed by atoms with van der Waals surface area (Å²) in [6.07, 6.45) is 1.90. The number of carbonyl (C=O) groups excluding carboxylic acids is 1. The van der Waals surface area contributed by atoms with E-state index in [1.165, 1.54) is 0 Å². The van der Waals surface area contributed by atoms with Gasteiger partial charge in [0.2, 0.25) is 10.0 Å². The fourth-order valence-electron chi connectivity index (χ4n) is 3.49. The molecule has 0 fully saturated rings. The van der Waals surface area contributed by atoms with Crippen LogP contribution in [0.15, 0.2) is 41.3 Å². The highest BCUT2D eigenvalue weighted by atomic mass is 35.5. The molecule has 0 heterocycles. The molecule has 2 aromatic rings. The first-order chi connectivity index (χ1) is 14.8. The van der Waals surface area contributed by atoms with E-state index in [2.05, 4.69) is 10.0 Å². The standard InChI is InChI=1S/C22H27ClN2O5S/c1-3-8-24-31(27,28)19-6-4-15-11-18(12-16(15)13-19)25-22(26)20-14-17(23)5-7-21(20)30-10-9-29-2/h4-7,13-14,18,24H,3,8-12H2,1-2H3,(H,25,26). The Morgan fingerprint density at radius 2 is 1.90 bits per heavy atom. The van der Waals surface area contributed by atoms with Crippen LogP contribution in [0.25, 0.3) is 0 Å². The van der Waals surface area contributed by atoms with Gasteiger partial charge in [0.05, 0.1) is 17.1 Å². The molecule has 168 valence electrons. The number of methoxy groups -OCH3 is 1. The van der Waals surface area contributed by atoms with Gasteiger partial charge in [-0.1, -0.05) is 24.6 Å². The van der Waals surface area contributed by atoms with E-state index in [1.807, 2.05) is 13.0 Å². The highest BCUT2D eigenvalue weighted by Gasteiger charge is 2.26. The largest absolute Gasteiger partial charge is 0.490 e. The Morgan fingerprint density at radius 3 is 2.65 bits per heavy atom. The Morgan fingerprint density at radius 1 is 1.13 bits per heavy atom. The summed E-state index contributed by atoms with van der Waals surface area (Å²) in [6, 6.07) is 9.89. The fraction of sp³-hybridized carbons (Fsp3) is 0.409. The van der Waals surface area contributed by atoms with E-state index in [1.54, 1.807) is 37.4 Å². The second kappa shape index (κ2) is 10.5. The molecule has 0 saturated heterocycles. The lowest BCUT2D eigenvalue weighted by atomic mass is 10.1. The Kier molecular flexibility index (Phi) is 7.94. The van der Waals surface area contributed by atoms with Gasteiger partial charge in [-0.2, -0.15) is 0 Å². The lowest BCUT2D eigenvalue weighted by molar-refractivity contribution is 0.0931. The second-order valence-electron chi connectivity index (χ2n) is 7.39. The van der Waals surface area contributed by atoms with Crippen molar-refractivity contribution in [2.45, 2.75) is 37.1 Å². The molecule has 1 amide bonds. The van der Waals surface area contributed by atoms with Gasteiger partial charge in [-0.3, -0.25) is 4.79 Å². The average Bonchev–Trinajstić information content (AvgIpc) is 3.14. The van der Waals surface area contributed by atoms with E-state index in [-0.39, 0.29) is 16.8 Å². The molecule has 1 atom stereocenters. The number of sulfonamides is 1. The Balaban J connectivity index is 1.70. The van der Waals surface area contributed by atoms with Crippen LogP contribution >= 0.6 is 11.6 Å². The maximum Gasteiger partial charge on any atom is 0.255 e. The number of carbonyl (C=O) groups is 1. The van der Waals surface area contributed by atoms with E-state index in [0.717, 1.165) is 17.5 Å². The van der Waals surface area contributed by atoms with E-state index < -0.39 is 10.0 Å². The highest BCUT2D eigenvalue weighted by Crippen LogP contribution is 2.27. The molecule has 0 saturated carbocycles. The number of ether oxygens (including phenoxy) is 2. The van der Waals surface area contributed by atoms with Crippen molar-refractivity contribution in [2.24, 2.45) is 0 Å². The maximum atomic E-state index is 12.9. The smallest absolute Gasteiger partial charge is 0.255 e. The van der Waals surface area contributed by atoms with Crippen LogP contribution in [-0.2, 0) is 27.6 Å². The lowest BCUT2D eigenvalue weighted by Gasteiger charge is -2.15. The molecule has 0 aromatic heterocycles. The van der Waals surface area contributed by atoms with Crippen molar-refractivity contribution in [3.8, 4) is 5.75 Å². The minimum absolute atomic E-state index is 0.144. The van der Waals surface area contributed by atoms with Crippen molar-refractivity contribution in [3.05, 3.63) is 58.1 Å². The van der Waals surface area contributed by atoms with E-state index in [0.29, 0.717) is 48.9 Å². The third-order valence-electron chi connectivity index (χ3n) is 5.03. The molecule has 0 bridgehead atoms. The van der Waals surface area contributed by atoms with Crippen molar-refractivity contribution < 1.29 is 22.7 Å². The molecule has 1 aliphatic rings. The summed E-state index contributed by atoms with van der Waals surface area (Å²) >= 11 is 6.09. The molecule has 9 heteroatoms. The van der Waals surface area contributed by atoms with Gasteiger partial charge in [0.15, 0.2) is 0 Å². The first kappa shape index (κ1) is 23.5. The number of nitrogens with one attached hydrogen (secondary N) is 2. The van der Waals surface area contributed by atoms with Crippen LogP contribution in [0, 0.1) is 0 Å². The van der Waals surface area contributed by atoms with Gasteiger partial charge in [-0.05, 0) is 60.7 Å². The average molecular weight is 467 g/mol. The summed E-state index contributed by atoms with van der Waals surface area (Å²) in [5.74, 6) is 0.148. The van der Waals surface area contributed by atoms with Gasteiger partial charge in [-0.25, -0.2) is 13.1 Å². The summed E-state index contributed by atoms with van der Waals surface area (Å²) < 4.78 is 38.0. The minimum Gasteiger partial charge on any atom is -0.490 e. The lowest BCUT2D eigenvalue weighted by Crippen LogP contribution is -2.35. The van der Waals surface area contributed by atoms with Gasteiger partial charge >= 0.3 is 0 Å². The van der Waals surface area contributed by atoms with Gasteiger partial charge in [0.25, 0.3) is 5.91 Å². The van der Waals surface area contributed by atoms with Crippen LogP contribution in [0.5, 0.6) is 5.75 Å². The van der Waals surface area contributed by atoms with Crippen LogP contribution in [-0.4, -0.2) is 47.2 Å². The third kappa shape index (κ3) is 5.98. The predicted octanol–water partition coefficient (Wildman–Crippen LogP) is 2.95. The van der Waals surface area contributed by atoms with Crippen molar-refractivity contribution in [1.29, 1.82) is 0 Å². The van der Waals surface area contributed by atoms with Crippen LogP contribution < -0.4 is 14.8 Å². The number of hydrogen-bond donors (Lipinski definition) is 2. The minimum atomic E-state index is -3.53. The molecule has 2 aromatic carbocycles. The zero-order chi connectivity index (χ0) is 22.4.